The van der Waals surface area contributed by atoms with Crippen molar-refractivity contribution in [1.29, 1.82) is 0 Å². The molecule has 0 saturated carbocycles. The number of anilines is 1. The summed E-state index contributed by atoms with van der Waals surface area (Å²) in [5.74, 6) is -0.933. The van der Waals surface area contributed by atoms with E-state index in [0.717, 1.165) is 22.2 Å². The van der Waals surface area contributed by atoms with Gasteiger partial charge in [0.1, 0.15) is 23.9 Å². The van der Waals surface area contributed by atoms with E-state index in [1.165, 1.54) is 24.4 Å². The Morgan fingerprint density at radius 1 is 1.15 bits per heavy atom. The van der Waals surface area contributed by atoms with Crippen LogP contribution in [0.5, 0.6) is 0 Å². The van der Waals surface area contributed by atoms with E-state index in [1.54, 1.807) is 43.3 Å². The third-order valence-electron chi connectivity index (χ3n) is 4.47. The number of esters is 1. The number of hydrazone groups is 1. The van der Waals surface area contributed by atoms with Gasteiger partial charge in [0.05, 0.1) is 30.3 Å². The Balaban J connectivity index is 1.62. The molecule has 178 valence electrons. The number of carbonyl (C=O) groups excluding carboxylic acids is 2. The fourth-order valence-electron chi connectivity index (χ4n) is 2.93. The summed E-state index contributed by atoms with van der Waals surface area (Å²) in [6.45, 7) is 1.43. The number of nitrogens with zero attached hydrogens (tertiary/aromatic N) is 2. The van der Waals surface area contributed by atoms with Crippen molar-refractivity contribution in [3.05, 3.63) is 77.8 Å². The van der Waals surface area contributed by atoms with Crippen LogP contribution in [0.1, 0.15) is 23.0 Å². The Hall–Kier alpha value is -3.99. The minimum Gasteiger partial charge on any atom is -0.462 e. The van der Waals surface area contributed by atoms with Crippen molar-refractivity contribution >= 4 is 33.8 Å². The smallest absolute Gasteiger partial charge is 0.338 e. The number of sulfonamides is 1. The average molecular weight is 488 g/mol. The van der Waals surface area contributed by atoms with Crippen molar-refractivity contribution in [2.45, 2.75) is 6.92 Å². The van der Waals surface area contributed by atoms with E-state index < -0.39 is 34.3 Å². The highest BCUT2D eigenvalue weighted by Crippen LogP contribution is 2.22. The van der Waals surface area contributed by atoms with E-state index >= 15 is 0 Å². The molecule has 0 radical (unpaired) electrons. The zero-order valence-electron chi connectivity index (χ0n) is 18.4. The van der Waals surface area contributed by atoms with Crippen LogP contribution >= 0.6 is 0 Å². The molecule has 0 saturated heterocycles. The maximum Gasteiger partial charge on any atom is 0.338 e. The van der Waals surface area contributed by atoms with E-state index in [2.05, 4.69) is 10.5 Å². The molecule has 0 fully saturated rings. The number of ether oxygens (including phenoxy) is 1. The van der Waals surface area contributed by atoms with Crippen LogP contribution in [-0.4, -0.2) is 45.9 Å². The predicted molar refractivity (Wildman–Crippen MR) is 124 cm³/mol. The van der Waals surface area contributed by atoms with Crippen molar-refractivity contribution in [3.8, 4) is 11.3 Å². The van der Waals surface area contributed by atoms with Crippen molar-refractivity contribution in [1.82, 2.24) is 5.43 Å². The number of carbonyl (C=O) groups is 2. The first-order valence-electron chi connectivity index (χ1n) is 10.1. The minimum atomic E-state index is -3.84. The Kier molecular flexibility index (Phi) is 7.79. The van der Waals surface area contributed by atoms with E-state index in [4.69, 9.17) is 9.15 Å². The normalized spacial score (nSPS) is 11.4. The SMILES string of the molecule is CCOC(=O)c1ccc(-c2ccc(/C=N\NC(=O)CN(c3cccc(F)c3)S(C)(=O)=O)o2)cc1. The lowest BCUT2D eigenvalue weighted by molar-refractivity contribution is -0.119. The molecular formula is C23H22FN3O6S. The van der Waals surface area contributed by atoms with Crippen LogP contribution in [0, 0.1) is 5.82 Å². The van der Waals surface area contributed by atoms with E-state index in [0.29, 0.717) is 17.1 Å². The van der Waals surface area contributed by atoms with Crippen LogP contribution < -0.4 is 9.73 Å². The number of hydrogen-bond acceptors (Lipinski definition) is 7. The van der Waals surface area contributed by atoms with Gasteiger partial charge in [-0.3, -0.25) is 9.10 Å². The Labute approximate surface area is 195 Å². The number of rotatable bonds is 9. The molecular weight excluding hydrogens is 465 g/mol. The summed E-state index contributed by atoms with van der Waals surface area (Å²) in [5.41, 5.74) is 3.38. The van der Waals surface area contributed by atoms with Crippen LogP contribution in [0.25, 0.3) is 11.3 Å². The summed E-state index contributed by atoms with van der Waals surface area (Å²) in [7, 11) is -3.84. The second-order valence-corrected chi connectivity index (χ2v) is 8.95. The van der Waals surface area contributed by atoms with Gasteiger partial charge in [-0.1, -0.05) is 18.2 Å². The number of furan rings is 1. The van der Waals surface area contributed by atoms with Crippen molar-refractivity contribution in [2.24, 2.45) is 5.10 Å². The lowest BCUT2D eigenvalue weighted by Crippen LogP contribution is -2.39. The number of amides is 1. The first-order valence-corrected chi connectivity index (χ1v) is 11.9. The minimum absolute atomic E-state index is 0.0197. The molecule has 1 heterocycles. The molecule has 0 spiro atoms. The fraction of sp³-hybridized carbons (Fsp3) is 0.174. The van der Waals surface area contributed by atoms with Gasteiger partial charge in [0.15, 0.2) is 0 Å². The molecule has 0 atom stereocenters. The van der Waals surface area contributed by atoms with Crippen molar-refractivity contribution < 1.29 is 31.6 Å². The van der Waals surface area contributed by atoms with Gasteiger partial charge in [0.2, 0.25) is 10.0 Å². The van der Waals surface area contributed by atoms with Crippen molar-refractivity contribution in [3.63, 3.8) is 0 Å². The quantitative estimate of drug-likeness (QED) is 0.281. The second-order valence-electron chi connectivity index (χ2n) is 7.04. The number of benzene rings is 2. The predicted octanol–water partition coefficient (Wildman–Crippen LogP) is 3.18. The number of hydrogen-bond donors (Lipinski definition) is 1. The molecule has 1 amide bonds. The summed E-state index contributed by atoms with van der Waals surface area (Å²) in [5, 5.41) is 3.78. The van der Waals surface area contributed by atoms with Gasteiger partial charge in [0, 0.05) is 5.56 Å². The van der Waals surface area contributed by atoms with Gasteiger partial charge >= 0.3 is 5.97 Å². The van der Waals surface area contributed by atoms with Gasteiger partial charge in [-0.2, -0.15) is 5.10 Å². The molecule has 2 aromatic carbocycles. The summed E-state index contributed by atoms with van der Waals surface area (Å²) >= 11 is 0. The summed E-state index contributed by atoms with van der Waals surface area (Å²) in [4.78, 5) is 24.0. The molecule has 1 aromatic heterocycles. The largest absolute Gasteiger partial charge is 0.462 e. The topological polar surface area (TPSA) is 118 Å². The summed E-state index contributed by atoms with van der Waals surface area (Å²) in [6.07, 6.45) is 2.17. The molecule has 1 N–H and O–H groups in total. The lowest BCUT2D eigenvalue weighted by atomic mass is 10.1. The zero-order chi connectivity index (χ0) is 24.7. The molecule has 34 heavy (non-hydrogen) atoms. The molecule has 0 aliphatic rings. The molecule has 9 nitrogen and oxygen atoms in total. The van der Waals surface area contributed by atoms with E-state index in [9.17, 15) is 22.4 Å². The average Bonchev–Trinajstić information content (AvgIpc) is 3.26. The monoisotopic (exact) mass is 487 g/mol. The van der Waals surface area contributed by atoms with Gasteiger partial charge in [-0.25, -0.2) is 23.0 Å². The van der Waals surface area contributed by atoms with Crippen LogP contribution in [-0.2, 0) is 19.6 Å². The molecule has 0 bridgehead atoms. The second kappa shape index (κ2) is 10.8. The van der Waals surface area contributed by atoms with E-state index in [1.807, 2.05) is 0 Å². The van der Waals surface area contributed by atoms with Crippen LogP contribution in [0.3, 0.4) is 0 Å². The van der Waals surface area contributed by atoms with Crippen LogP contribution in [0.15, 0.2) is 70.2 Å². The molecule has 0 unspecified atom stereocenters. The van der Waals surface area contributed by atoms with Crippen LogP contribution in [0.2, 0.25) is 0 Å². The third-order valence-corrected chi connectivity index (χ3v) is 5.61. The highest BCUT2D eigenvalue weighted by atomic mass is 32.2. The highest BCUT2D eigenvalue weighted by Gasteiger charge is 2.21. The van der Waals surface area contributed by atoms with Crippen molar-refractivity contribution in [2.75, 3.05) is 23.7 Å². The lowest BCUT2D eigenvalue weighted by Gasteiger charge is -2.21. The Morgan fingerprint density at radius 3 is 2.53 bits per heavy atom. The Bertz CT molecular complexity index is 1300. The standard InChI is InChI=1S/C23H22FN3O6S/c1-3-32-23(29)17-9-7-16(8-10-17)21-12-11-20(33-21)14-25-26-22(28)15-27(34(2,30)31)19-6-4-5-18(24)13-19/h4-14H,3,15H2,1-2H3,(H,26,28)/b25-14-. The van der Waals surface area contributed by atoms with Gasteiger partial charge in [-0.15, -0.1) is 0 Å². The highest BCUT2D eigenvalue weighted by molar-refractivity contribution is 7.92. The number of halogens is 1. The molecule has 11 heteroatoms. The summed E-state index contributed by atoms with van der Waals surface area (Å²) < 4.78 is 48.9. The number of nitrogens with one attached hydrogen (secondary N) is 1. The van der Waals surface area contributed by atoms with E-state index in [-0.39, 0.29) is 12.3 Å². The van der Waals surface area contributed by atoms with Gasteiger partial charge in [0.25, 0.3) is 5.91 Å². The molecule has 0 aliphatic carbocycles. The zero-order valence-corrected chi connectivity index (χ0v) is 19.2. The molecule has 3 rings (SSSR count). The summed E-state index contributed by atoms with van der Waals surface area (Å²) in [6, 6.07) is 14.9. The van der Waals surface area contributed by atoms with Gasteiger partial charge in [-0.05, 0) is 49.4 Å². The molecule has 3 aromatic rings. The maximum atomic E-state index is 13.5. The van der Waals surface area contributed by atoms with Gasteiger partial charge < -0.3 is 9.15 Å². The fourth-order valence-corrected chi connectivity index (χ4v) is 3.78. The molecule has 0 aliphatic heterocycles. The first-order chi connectivity index (χ1) is 16.2. The maximum absolute atomic E-state index is 13.5. The van der Waals surface area contributed by atoms with Crippen LogP contribution in [0.4, 0.5) is 10.1 Å². The first kappa shape index (κ1) is 24.6. The Morgan fingerprint density at radius 2 is 1.88 bits per heavy atom. The third kappa shape index (κ3) is 6.51.